The molecule has 0 amide bonds. The van der Waals surface area contributed by atoms with Gasteiger partial charge in [0, 0.05) is 22.9 Å². The second kappa shape index (κ2) is 3.72. The second-order valence-electron chi connectivity index (χ2n) is 3.82. The van der Waals surface area contributed by atoms with Crippen molar-refractivity contribution in [3.63, 3.8) is 0 Å². The molecule has 3 rings (SSSR count). The van der Waals surface area contributed by atoms with Crippen LogP contribution in [0.3, 0.4) is 0 Å². The van der Waals surface area contributed by atoms with E-state index in [4.69, 9.17) is 11.6 Å². The predicted molar refractivity (Wildman–Crippen MR) is 64.9 cm³/mol. The molecular formula is C11H11ClN2S. The van der Waals surface area contributed by atoms with Gasteiger partial charge in [0.05, 0.1) is 11.7 Å². The summed E-state index contributed by atoms with van der Waals surface area (Å²) in [6, 6.07) is 3.88. The number of hydrogen-bond acceptors (Lipinski definition) is 2. The highest BCUT2D eigenvalue weighted by atomic mass is 35.5. The van der Waals surface area contributed by atoms with Crippen LogP contribution in [0.4, 0.5) is 0 Å². The van der Waals surface area contributed by atoms with Gasteiger partial charge in [-0.05, 0) is 24.3 Å². The monoisotopic (exact) mass is 238 g/mol. The van der Waals surface area contributed by atoms with Crippen LogP contribution < -0.4 is 0 Å². The fourth-order valence-corrected chi connectivity index (χ4v) is 3.42. The van der Waals surface area contributed by atoms with Gasteiger partial charge in [0.15, 0.2) is 0 Å². The summed E-state index contributed by atoms with van der Waals surface area (Å²) in [5, 5.41) is 0.773. The Kier molecular flexibility index (Phi) is 2.37. The van der Waals surface area contributed by atoms with Crippen LogP contribution in [-0.2, 0) is 0 Å². The molecular weight excluding hydrogens is 228 g/mol. The molecule has 0 spiro atoms. The first-order valence-electron chi connectivity index (χ1n) is 5.05. The summed E-state index contributed by atoms with van der Waals surface area (Å²) in [6.45, 7) is 0. The fourth-order valence-electron chi connectivity index (χ4n) is 2.03. The molecule has 1 aliphatic rings. The number of thioether (sulfide) groups is 1. The van der Waals surface area contributed by atoms with E-state index < -0.39 is 0 Å². The largest absolute Gasteiger partial charge is 0.303 e. The molecule has 0 aromatic carbocycles. The van der Waals surface area contributed by atoms with Gasteiger partial charge in [-0.2, -0.15) is 11.8 Å². The Morgan fingerprint density at radius 2 is 2.47 bits per heavy atom. The maximum Gasteiger partial charge on any atom is 0.117 e. The Bertz CT molecular complexity index is 488. The Hall–Kier alpha value is -0.670. The Morgan fingerprint density at radius 3 is 3.27 bits per heavy atom. The van der Waals surface area contributed by atoms with Gasteiger partial charge in [0.25, 0.3) is 0 Å². The molecule has 1 aliphatic heterocycles. The van der Waals surface area contributed by atoms with Crippen molar-refractivity contribution in [1.29, 1.82) is 0 Å². The number of halogens is 1. The minimum Gasteiger partial charge on any atom is -0.303 e. The lowest BCUT2D eigenvalue weighted by Crippen LogP contribution is -2.02. The molecule has 0 aliphatic carbocycles. The molecule has 78 valence electrons. The highest BCUT2D eigenvalue weighted by Gasteiger charge is 2.21. The lowest BCUT2D eigenvalue weighted by atomic mass is 10.1. The van der Waals surface area contributed by atoms with Crippen molar-refractivity contribution in [2.75, 3.05) is 11.5 Å². The van der Waals surface area contributed by atoms with E-state index in [0.717, 1.165) is 10.5 Å². The van der Waals surface area contributed by atoms with Gasteiger partial charge in [-0.1, -0.05) is 11.6 Å². The zero-order chi connectivity index (χ0) is 10.3. The van der Waals surface area contributed by atoms with E-state index in [9.17, 15) is 0 Å². The van der Waals surface area contributed by atoms with Crippen LogP contribution in [0, 0.1) is 0 Å². The van der Waals surface area contributed by atoms with Crippen LogP contribution in [0.25, 0.3) is 5.52 Å². The van der Waals surface area contributed by atoms with E-state index in [-0.39, 0.29) is 0 Å². The van der Waals surface area contributed by atoms with Gasteiger partial charge in [0.1, 0.15) is 5.82 Å². The highest BCUT2D eigenvalue weighted by molar-refractivity contribution is 7.99. The number of pyridine rings is 1. The van der Waals surface area contributed by atoms with Crippen molar-refractivity contribution in [3.05, 3.63) is 35.4 Å². The normalized spacial score (nSPS) is 21.3. The smallest absolute Gasteiger partial charge is 0.117 e. The van der Waals surface area contributed by atoms with Crippen LogP contribution in [0.5, 0.6) is 0 Å². The number of imidazole rings is 1. The number of rotatable bonds is 1. The van der Waals surface area contributed by atoms with Crippen molar-refractivity contribution in [1.82, 2.24) is 9.38 Å². The van der Waals surface area contributed by atoms with Crippen LogP contribution in [0.2, 0.25) is 5.02 Å². The lowest BCUT2D eigenvalue weighted by Gasteiger charge is -2.06. The summed E-state index contributed by atoms with van der Waals surface area (Å²) in [5.74, 6) is 4.25. The van der Waals surface area contributed by atoms with Crippen molar-refractivity contribution in [3.8, 4) is 0 Å². The van der Waals surface area contributed by atoms with Gasteiger partial charge in [0.2, 0.25) is 0 Å². The van der Waals surface area contributed by atoms with E-state index in [1.807, 2.05) is 36.3 Å². The van der Waals surface area contributed by atoms with Gasteiger partial charge in [-0.3, -0.25) is 0 Å². The number of fused-ring (bicyclic) bond motifs is 1. The first-order valence-corrected chi connectivity index (χ1v) is 6.58. The van der Waals surface area contributed by atoms with Gasteiger partial charge in [-0.15, -0.1) is 0 Å². The first-order chi connectivity index (χ1) is 7.34. The van der Waals surface area contributed by atoms with Gasteiger partial charge in [-0.25, -0.2) is 4.98 Å². The summed E-state index contributed by atoms with van der Waals surface area (Å²) in [6.07, 6.45) is 5.17. The van der Waals surface area contributed by atoms with Crippen molar-refractivity contribution < 1.29 is 0 Å². The molecule has 3 heterocycles. The van der Waals surface area contributed by atoms with Crippen LogP contribution in [-0.4, -0.2) is 20.9 Å². The van der Waals surface area contributed by atoms with Crippen LogP contribution >= 0.6 is 23.4 Å². The average Bonchev–Trinajstić information content (AvgIpc) is 2.82. The molecule has 15 heavy (non-hydrogen) atoms. The van der Waals surface area contributed by atoms with Crippen molar-refractivity contribution in [2.45, 2.75) is 12.3 Å². The summed E-state index contributed by atoms with van der Waals surface area (Å²) >= 11 is 7.96. The Labute approximate surface area is 97.6 Å². The molecule has 1 unspecified atom stereocenters. The Balaban J connectivity index is 2.11. The predicted octanol–water partition coefficient (Wildman–Crippen LogP) is 3.21. The van der Waals surface area contributed by atoms with E-state index in [0.29, 0.717) is 5.92 Å². The fraction of sp³-hybridized carbons (Fsp3) is 0.364. The zero-order valence-electron chi connectivity index (χ0n) is 8.19. The molecule has 0 saturated carbocycles. The van der Waals surface area contributed by atoms with E-state index in [2.05, 4.69) is 9.38 Å². The molecule has 0 bridgehead atoms. The summed E-state index contributed by atoms with van der Waals surface area (Å²) in [4.78, 5) is 4.51. The summed E-state index contributed by atoms with van der Waals surface area (Å²) in [5.41, 5.74) is 1.09. The van der Waals surface area contributed by atoms with Gasteiger partial charge >= 0.3 is 0 Å². The quantitative estimate of drug-likeness (QED) is 0.759. The second-order valence-corrected chi connectivity index (χ2v) is 5.40. The summed E-state index contributed by atoms with van der Waals surface area (Å²) < 4.78 is 2.16. The van der Waals surface area contributed by atoms with E-state index in [1.165, 1.54) is 23.8 Å². The molecule has 1 atom stereocenters. The maximum absolute atomic E-state index is 5.94. The average molecular weight is 239 g/mol. The molecule has 1 fully saturated rings. The number of aromatic nitrogens is 2. The first kappa shape index (κ1) is 9.55. The van der Waals surface area contributed by atoms with Crippen molar-refractivity contribution >= 4 is 28.9 Å². The van der Waals surface area contributed by atoms with E-state index >= 15 is 0 Å². The maximum atomic E-state index is 5.94. The number of hydrogen-bond donors (Lipinski definition) is 0. The topological polar surface area (TPSA) is 17.3 Å². The third-order valence-electron chi connectivity index (χ3n) is 2.82. The Morgan fingerprint density at radius 1 is 1.53 bits per heavy atom. The van der Waals surface area contributed by atoms with Crippen LogP contribution in [0.15, 0.2) is 24.5 Å². The van der Waals surface area contributed by atoms with Crippen LogP contribution in [0.1, 0.15) is 18.2 Å². The zero-order valence-corrected chi connectivity index (χ0v) is 9.76. The standard InChI is InChI=1S/C11H11ClN2S/c12-9-1-3-14-10(5-9)6-13-11(14)8-2-4-15-7-8/h1,3,5-6,8H,2,4,7H2. The van der Waals surface area contributed by atoms with Crippen molar-refractivity contribution in [2.24, 2.45) is 0 Å². The molecule has 4 heteroatoms. The lowest BCUT2D eigenvalue weighted by molar-refractivity contribution is 0.713. The number of nitrogens with zero attached hydrogens (tertiary/aromatic N) is 2. The van der Waals surface area contributed by atoms with E-state index in [1.54, 1.807) is 0 Å². The molecule has 2 aromatic rings. The molecule has 2 aromatic heterocycles. The SMILES string of the molecule is Clc1ccn2c(C3CCSC3)ncc2c1. The minimum absolute atomic E-state index is 0.610. The third kappa shape index (κ3) is 1.64. The molecule has 1 saturated heterocycles. The minimum atomic E-state index is 0.610. The third-order valence-corrected chi connectivity index (χ3v) is 4.22. The molecule has 0 N–H and O–H groups in total. The molecule has 2 nitrogen and oxygen atoms in total. The molecule has 0 radical (unpaired) electrons. The summed E-state index contributed by atoms with van der Waals surface area (Å²) in [7, 11) is 0. The highest BCUT2D eigenvalue weighted by Crippen LogP contribution is 2.32. The van der Waals surface area contributed by atoms with Gasteiger partial charge < -0.3 is 4.40 Å².